The SMILES string of the molecule is C[C@@H]1O[C@H]2O[C@@H]3[C@@H](OCc4ccccc4)[C@@H](OCc4ccccc4)[C@H](O[C@@H]4[C@H](OCc5ccccc5)[C@@H](OCc5ccccc5)[C@H](O[C@@H]5[C@@H](OCc6ccccc6)[C@@H](OCc6ccccc6)[C@H](O[C@@H]6[C@@H](OCc7ccccc7)[C@@H](OCc7ccccc7)[C@H](O[C@@H]1[C@@H](OCc1ccccc1)[C@H]2OCc1ccccc1)O[C@H]6C)O[C@H]5C)O[C@H]4C)O[C@H]3C. The van der Waals surface area contributed by atoms with Crippen LogP contribution in [0.5, 0.6) is 0 Å². The van der Waals surface area contributed by atoms with Crippen molar-refractivity contribution < 1.29 is 94.7 Å². The van der Waals surface area contributed by atoms with E-state index in [0.29, 0.717) is 0 Å². The van der Waals surface area contributed by atoms with E-state index in [1.165, 1.54) is 0 Å². The molecule has 11 aliphatic rings. The zero-order chi connectivity index (χ0) is 81.8. The summed E-state index contributed by atoms with van der Waals surface area (Å²) in [5.41, 5.74) is 9.01. The maximum absolute atomic E-state index is 7.74. The summed E-state index contributed by atoms with van der Waals surface area (Å²) in [5.74, 6) is 0. The topological polar surface area (TPSA) is 185 Å². The number of hydrogen-bond acceptors (Lipinski definition) is 20. The molecule has 0 radical (unpaired) electrons. The largest absolute Gasteiger partial charge is 0.368 e. The Bertz CT molecular complexity index is 3910. The summed E-state index contributed by atoms with van der Waals surface area (Å²) in [4.78, 5) is 0. The minimum atomic E-state index is -1.21. The van der Waals surface area contributed by atoms with Gasteiger partial charge >= 0.3 is 0 Å². The van der Waals surface area contributed by atoms with E-state index >= 15 is 0 Å². The van der Waals surface area contributed by atoms with E-state index in [-0.39, 0.29) is 66.1 Å². The summed E-state index contributed by atoms with van der Waals surface area (Å²) < 4.78 is 150. The molecular weight excluding hydrogens is 1520 g/mol. The third kappa shape index (κ3) is 22.1. The van der Waals surface area contributed by atoms with Crippen LogP contribution in [0.1, 0.15) is 90.3 Å². The monoisotopic (exact) mass is 1630 g/mol. The van der Waals surface area contributed by atoms with Crippen LogP contribution in [0.25, 0.3) is 0 Å². The summed E-state index contributed by atoms with van der Waals surface area (Å²) in [6.45, 7) is 11.0. The van der Waals surface area contributed by atoms with Crippen molar-refractivity contribution in [1.29, 1.82) is 0 Å². The minimum absolute atomic E-state index is 0.118. The van der Waals surface area contributed by atoms with Crippen molar-refractivity contribution in [1.82, 2.24) is 0 Å². The summed E-state index contributed by atoms with van der Waals surface area (Å²) >= 11 is 0. The van der Waals surface area contributed by atoms with Crippen molar-refractivity contribution in [2.24, 2.45) is 0 Å². The van der Waals surface area contributed by atoms with Crippen LogP contribution in [0.4, 0.5) is 0 Å². The average molecular weight is 1630 g/mol. The Labute approximate surface area is 704 Å². The van der Waals surface area contributed by atoms with Crippen molar-refractivity contribution >= 4 is 0 Å². The molecule has 120 heavy (non-hydrogen) atoms. The number of benzene rings is 10. The molecule has 20 heteroatoms. The molecule has 0 N–H and O–H groups in total. The van der Waals surface area contributed by atoms with Crippen LogP contribution in [0.3, 0.4) is 0 Å². The molecule has 10 bridgehead atoms. The standard InChI is InChI=1S/C100H110O20/c1-66-81-86(101-56-71-36-16-6-17-37-71)91(106-61-76-46-26-11-27-47-76)96(111-66)117-82-67(2)113-98(93(108-63-78-50-30-13-31-51-78)87(82)102-57-72-38-18-7-19-39-72)119-84-69(4)115-100(95(110-65-80-54-34-15-35-55-80)89(84)104-59-74-42-22-9-23-43-74)120-85-70(5)114-99(94(109-64-79-52-32-14-33-53-79)90(85)105-60-75-44-24-10-25-45-75)118-83-68(3)112-97(116-81)92(107-62-77-48-28-12-29-49-77)88(83)103-58-73-40-20-8-21-41-73/h6-55,66-70,81-100H,56-65H2,1-5H3/t66-,67-,68-,69-,70-,81-,82-,83-,84-,85-,86-,87+,88+,89+,90+,91+,92+,93+,94+,95+,96-,97-,98-,99-,100-/m0/s1. The second kappa shape index (κ2) is 42.5. The lowest BCUT2D eigenvalue weighted by Crippen LogP contribution is -2.67. The highest BCUT2D eigenvalue weighted by atomic mass is 16.8. The quantitative estimate of drug-likeness (QED) is 0.0413. The van der Waals surface area contributed by atoms with Gasteiger partial charge in [-0.2, -0.15) is 0 Å². The average Bonchev–Trinajstić information content (AvgIpc) is 0.876. The van der Waals surface area contributed by atoms with E-state index in [1.54, 1.807) is 0 Å². The Morgan fingerprint density at radius 2 is 0.258 bits per heavy atom. The minimum Gasteiger partial charge on any atom is -0.368 e. The second-order valence-electron chi connectivity index (χ2n) is 31.7. The highest BCUT2D eigenvalue weighted by Gasteiger charge is 2.60. The van der Waals surface area contributed by atoms with E-state index in [4.69, 9.17) is 94.7 Å². The Morgan fingerprint density at radius 1 is 0.150 bits per heavy atom. The fourth-order valence-corrected chi connectivity index (χ4v) is 16.6. The molecule has 630 valence electrons. The number of ether oxygens (including phenoxy) is 20. The third-order valence-corrected chi connectivity index (χ3v) is 22.9. The van der Waals surface area contributed by atoms with Crippen molar-refractivity contribution in [3.05, 3.63) is 359 Å². The van der Waals surface area contributed by atoms with Gasteiger partial charge in [0.25, 0.3) is 0 Å². The molecule has 11 heterocycles. The van der Waals surface area contributed by atoms with E-state index in [2.05, 4.69) is 0 Å². The smallest absolute Gasteiger partial charge is 0.187 e. The van der Waals surface area contributed by atoms with Crippen molar-refractivity contribution in [3.63, 3.8) is 0 Å². The predicted molar refractivity (Wildman–Crippen MR) is 446 cm³/mol. The fraction of sp³-hybridized carbons (Fsp3) is 0.400. The first kappa shape index (κ1) is 85.0. The van der Waals surface area contributed by atoms with Gasteiger partial charge in [0.2, 0.25) is 0 Å². The first-order valence-electron chi connectivity index (χ1n) is 42.2. The lowest BCUT2D eigenvalue weighted by Gasteiger charge is -2.52. The molecule has 25 atom stereocenters. The van der Waals surface area contributed by atoms with E-state index in [9.17, 15) is 0 Å². The van der Waals surface area contributed by atoms with Gasteiger partial charge in [-0.25, -0.2) is 0 Å². The third-order valence-electron chi connectivity index (χ3n) is 22.9. The summed E-state index contributed by atoms with van der Waals surface area (Å²) in [6, 6.07) is 100. The Morgan fingerprint density at radius 3 is 0.375 bits per heavy atom. The molecule has 21 rings (SSSR count). The lowest BCUT2D eigenvalue weighted by molar-refractivity contribution is -0.396. The van der Waals surface area contributed by atoms with Crippen LogP contribution in [0.2, 0.25) is 0 Å². The molecule has 10 aromatic rings. The highest BCUT2D eigenvalue weighted by Crippen LogP contribution is 2.44. The Kier molecular flexibility index (Phi) is 30.1. The normalized spacial score (nSPS) is 31.5. The first-order valence-corrected chi connectivity index (χ1v) is 42.2. The van der Waals surface area contributed by atoms with Crippen LogP contribution in [-0.4, -0.2) is 154 Å². The van der Waals surface area contributed by atoms with E-state index in [1.807, 2.05) is 338 Å². The molecule has 20 nitrogen and oxygen atoms in total. The lowest BCUT2D eigenvalue weighted by atomic mass is 9.95. The van der Waals surface area contributed by atoms with Crippen molar-refractivity contribution in [3.8, 4) is 0 Å². The van der Waals surface area contributed by atoms with Crippen LogP contribution in [0.15, 0.2) is 303 Å². The van der Waals surface area contributed by atoms with Gasteiger partial charge in [0.15, 0.2) is 31.5 Å². The molecule has 0 saturated carbocycles. The molecular formula is C100H110O20. The van der Waals surface area contributed by atoms with Crippen molar-refractivity contribution in [2.45, 2.75) is 254 Å². The van der Waals surface area contributed by atoms with E-state index < -0.39 is 154 Å². The summed E-state index contributed by atoms with van der Waals surface area (Å²) in [7, 11) is 0. The maximum atomic E-state index is 7.74. The first-order chi connectivity index (χ1) is 59.0. The van der Waals surface area contributed by atoms with Crippen LogP contribution >= 0.6 is 0 Å². The van der Waals surface area contributed by atoms with Crippen LogP contribution < -0.4 is 0 Å². The number of rotatable bonds is 30. The summed E-state index contributed by atoms with van der Waals surface area (Å²) in [6.07, 6.45) is -25.2. The molecule has 0 amide bonds. The predicted octanol–water partition coefficient (Wildman–Crippen LogP) is 16.5. The molecule has 0 aliphatic carbocycles. The van der Waals surface area contributed by atoms with Crippen LogP contribution in [-0.2, 0) is 161 Å². The molecule has 0 aromatic heterocycles. The molecule has 11 saturated heterocycles. The van der Waals surface area contributed by atoms with Gasteiger partial charge in [0.05, 0.1) is 96.6 Å². The zero-order valence-corrected chi connectivity index (χ0v) is 68.5. The molecule has 0 unspecified atom stereocenters. The van der Waals surface area contributed by atoms with E-state index in [0.717, 1.165) is 55.6 Å². The molecule has 10 aromatic carbocycles. The molecule has 0 spiro atoms. The van der Waals surface area contributed by atoms with Gasteiger partial charge in [-0.05, 0) is 90.3 Å². The van der Waals surface area contributed by atoms with Gasteiger partial charge in [0.1, 0.15) is 91.6 Å². The van der Waals surface area contributed by atoms with Crippen molar-refractivity contribution in [2.75, 3.05) is 0 Å². The molecule has 11 aliphatic heterocycles. The second-order valence-corrected chi connectivity index (χ2v) is 31.7. The fourth-order valence-electron chi connectivity index (χ4n) is 16.6. The highest BCUT2D eigenvalue weighted by molar-refractivity contribution is 5.22. The summed E-state index contributed by atoms with van der Waals surface area (Å²) in [5, 5.41) is 0. The number of hydrogen-bond donors (Lipinski definition) is 0. The Balaban J connectivity index is 0.878. The van der Waals surface area contributed by atoms with Gasteiger partial charge in [-0.3, -0.25) is 0 Å². The van der Waals surface area contributed by atoms with Gasteiger partial charge < -0.3 is 94.7 Å². The zero-order valence-electron chi connectivity index (χ0n) is 68.5. The van der Waals surface area contributed by atoms with Gasteiger partial charge in [-0.1, -0.05) is 303 Å². The maximum Gasteiger partial charge on any atom is 0.187 e. The van der Waals surface area contributed by atoms with Gasteiger partial charge in [-0.15, -0.1) is 0 Å². The Hall–Kier alpha value is -8.60. The van der Waals surface area contributed by atoms with Crippen LogP contribution in [0, 0.1) is 0 Å². The van der Waals surface area contributed by atoms with Gasteiger partial charge in [0, 0.05) is 0 Å². The number of fused-ring (bicyclic) bond motifs is 4. The molecule has 11 fully saturated rings.